The maximum atomic E-state index is 12.4. The maximum Gasteiger partial charge on any atom is 0.336 e. The van der Waals surface area contributed by atoms with Crippen LogP contribution in [0.25, 0.3) is 11.0 Å². The van der Waals surface area contributed by atoms with Gasteiger partial charge in [-0.15, -0.1) is 0 Å². The molecule has 164 valence electrons. The van der Waals surface area contributed by atoms with Gasteiger partial charge in [0.2, 0.25) is 0 Å². The van der Waals surface area contributed by atoms with E-state index in [1.165, 1.54) is 6.26 Å². The second kappa shape index (κ2) is 9.39. The van der Waals surface area contributed by atoms with Crippen LogP contribution >= 0.6 is 0 Å². The number of carbonyl (C=O) groups is 1. The molecule has 1 aromatic carbocycles. The zero-order chi connectivity index (χ0) is 21.8. The molecular weight excluding hydrogens is 396 g/mol. The summed E-state index contributed by atoms with van der Waals surface area (Å²) in [5, 5.41) is 4.53. The van der Waals surface area contributed by atoms with Gasteiger partial charge in [0.05, 0.1) is 6.26 Å². The minimum absolute atomic E-state index is 0.0472. The van der Waals surface area contributed by atoms with Crippen molar-refractivity contribution >= 4 is 16.9 Å². The van der Waals surface area contributed by atoms with Crippen molar-refractivity contribution in [2.75, 3.05) is 19.7 Å². The smallest absolute Gasteiger partial charge is 0.336 e. The van der Waals surface area contributed by atoms with Crippen LogP contribution in [-0.2, 0) is 6.42 Å². The number of fused-ring (bicyclic) bond motifs is 1. The molecule has 3 aromatic rings. The standard InChI is InChI=1S/C24H28N2O5/c1-3-17-13-23(27)31-22-14-19(6-7-20(17)22)30-15-16(2)25-18-8-10-26(11-9-18)24(28)21-5-4-12-29-21/h4-7,12-14,16,18,25H,3,8-11,15H2,1-2H3. The summed E-state index contributed by atoms with van der Waals surface area (Å²) in [6.07, 6.45) is 4.07. The van der Waals surface area contributed by atoms with Gasteiger partial charge in [0.25, 0.3) is 5.91 Å². The predicted molar refractivity (Wildman–Crippen MR) is 118 cm³/mol. The van der Waals surface area contributed by atoms with Crippen LogP contribution in [0.2, 0.25) is 0 Å². The van der Waals surface area contributed by atoms with Crippen LogP contribution in [0.1, 0.15) is 42.8 Å². The van der Waals surface area contributed by atoms with Crippen molar-refractivity contribution in [3.05, 3.63) is 64.4 Å². The zero-order valence-corrected chi connectivity index (χ0v) is 17.9. The summed E-state index contributed by atoms with van der Waals surface area (Å²) in [6, 6.07) is 11.1. The fraction of sp³-hybridized carbons (Fsp3) is 0.417. The number of ether oxygens (including phenoxy) is 1. The average molecular weight is 424 g/mol. The van der Waals surface area contributed by atoms with Gasteiger partial charge in [0, 0.05) is 42.7 Å². The van der Waals surface area contributed by atoms with E-state index in [1.807, 2.05) is 24.0 Å². The summed E-state index contributed by atoms with van der Waals surface area (Å²) < 4.78 is 16.5. The molecule has 1 aliphatic rings. The number of carbonyl (C=O) groups excluding carboxylic acids is 1. The third-order valence-electron chi connectivity index (χ3n) is 5.72. The van der Waals surface area contributed by atoms with Gasteiger partial charge >= 0.3 is 5.63 Å². The molecule has 0 radical (unpaired) electrons. The second-order valence-corrected chi connectivity index (χ2v) is 8.02. The van der Waals surface area contributed by atoms with Crippen LogP contribution in [0.4, 0.5) is 0 Å². The van der Waals surface area contributed by atoms with Gasteiger partial charge < -0.3 is 23.8 Å². The van der Waals surface area contributed by atoms with Crippen molar-refractivity contribution in [3.63, 3.8) is 0 Å². The van der Waals surface area contributed by atoms with Crippen molar-refractivity contribution < 1.29 is 18.4 Å². The van der Waals surface area contributed by atoms with Crippen LogP contribution in [-0.4, -0.2) is 42.6 Å². The highest BCUT2D eigenvalue weighted by Crippen LogP contribution is 2.23. The first kappa shape index (κ1) is 21.2. The van der Waals surface area contributed by atoms with Crippen molar-refractivity contribution in [2.24, 2.45) is 0 Å². The topological polar surface area (TPSA) is 84.9 Å². The number of piperidine rings is 1. The number of likely N-dealkylation sites (tertiary alicyclic amines) is 1. The van der Waals surface area contributed by atoms with Gasteiger partial charge in [0.1, 0.15) is 17.9 Å². The monoisotopic (exact) mass is 424 g/mol. The Morgan fingerprint density at radius 3 is 2.77 bits per heavy atom. The molecule has 0 aliphatic carbocycles. The molecule has 1 aliphatic heterocycles. The Hall–Kier alpha value is -3.06. The lowest BCUT2D eigenvalue weighted by atomic mass is 10.0. The summed E-state index contributed by atoms with van der Waals surface area (Å²) in [6.45, 7) is 6.00. The van der Waals surface area contributed by atoms with Crippen LogP contribution < -0.4 is 15.7 Å². The van der Waals surface area contributed by atoms with E-state index in [0.717, 1.165) is 30.2 Å². The molecule has 31 heavy (non-hydrogen) atoms. The van der Waals surface area contributed by atoms with Gasteiger partial charge in [0.15, 0.2) is 5.76 Å². The summed E-state index contributed by atoms with van der Waals surface area (Å²) >= 11 is 0. The number of aryl methyl sites for hydroxylation is 1. The van der Waals surface area contributed by atoms with E-state index in [4.69, 9.17) is 13.6 Å². The molecule has 1 unspecified atom stereocenters. The Balaban J connectivity index is 1.27. The normalized spacial score (nSPS) is 15.9. The molecule has 1 fully saturated rings. The molecule has 1 amide bonds. The second-order valence-electron chi connectivity index (χ2n) is 8.02. The minimum atomic E-state index is -0.339. The van der Waals surface area contributed by atoms with Crippen molar-refractivity contribution in [2.45, 2.75) is 45.2 Å². The van der Waals surface area contributed by atoms with Gasteiger partial charge in [-0.3, -0.25) is 4.79 Å². The summed E-state index contributed by atoms with van der Waals surface area (Å²) in [7, 11) is 0. The van der Waals surface area contributed by atoms with E-state index in [2.05, 4.69) is 12.2 Å². The van der Waals surface area contributed by atoms with Crippen molar-refractivity contribution in [3.8, 4) is 5.75 Å². The highest BCUT2D eigenvalue weighted by molar-refractivity contribution is 5.91. The average Bonchev–Trinajstić information content (AvgIpc) is 3.32. The lowest BCUT2D eigenvalue weighted by Crippen LogP contribution is -2.48. The van der Waals surface area contributed by atoms with E-state index < -0.39 is 0 Å². The Labute approximate surface area is 181 Å². The van der Waals surface area contributed by atoms with Crippen LogP contribution in [0.15, 0.2) is 56.3 Å². The van der Waals surface area contributed by atoms with Crippen LogP contribution in [0, 0.1) is 0 Å². The van der Waals surface area contributed by atoms with E-state index in [-0.39, 0.29) is 17.6 Å². The lowest BCUT2D eigenvalue weighted by molar-refractivity contribution is 0.0667. The third-order valence-corrected chi connectivity index (χ3v) is 5.72. The molecule has 4 rings (SSSR count). The molecule has 1 atom stereocenters. The number of benzene rings is 1. The number of rotatable bonds is 7. The van der Waals surface area contributed by atoms with E-state index in [0.29, 0.717) is 42.8 Å². The Kier molecular flexibility index (Phi) is 6.42. The number of hydrogen-bond acceptors (Lipinski definition) is 6. The van der Waals surface area contributed by atoms with Crippen molar-refractivity contribution in [1.29, 1.82) is 0 Å². The number of nitrogens with zero attached hydrogens (tertiary/aromatic N) is 1. The van der Waals surface area contributed by atoms with Gasteiger partial charge in [-0.25, -0.2) is 4.79 Å². The fourth-order valence-corrected chi connectivity index (χ4v) is 4.07. The van der Waals surface area contributed by atoms with Crippen LogP contribution in [0.5, 0.6) is 5.75 Å². The Bertz CT molecular complexity index is 1080. The zero-order valence-electron chi connectivity index (χ0n) is 17.9. The molecule has 0 spiro atoms. The molecule has 0 bridgehead atoms. The van der Waals surface area contributed by atoms with Gasteiger partial charge in [-0.05, 0) is 56.0 Å². The summed E-state index contributed by atoms with van der Waals surface area (Å²) in [5.74, 6) is 1.02. The lowest BCUT2D eigenvalue weighted by Gasteiger charge is -2.33. The molecule has 1 saturated heterocycles. The molecule has 0 saturated carbocycles. The predicted octanol–water partition coefficient (Wildman–Crippen LogP) is 3.61. The third kappa shape index (κ3) is 4.99. The molecule has 3 heterocycles. The van der Waals surface area contributed by atoms with Crippen molar-refractivity contribution in [1.82, 2.24) is 10.2 Å². The quantitative estimate of drug-likeness (QED) is 0.583. The maximum absolute atomic E-state index is 12.4. The van der Waals surface area contributed by atoms with Gasteiger partial charge in [-0.2, -0.15) is 0 Å². The molecule has 2 aromatic heterocycles. The fourth-order valence-electron chi connectivity index (χ4n) is 4.07. The number of furan rings is 1. The first-order chi connectivity index (χ1) is 15.0. The van der Waals surface area contributed by atoms with E-state index >= 15 is 0 Å². The number of hydrogen-bond donors (Lipinski definition) is 1. The SMILES string of the molecule is CCc1cc(=O)oc2cc(OCC(C)NC3CCN(C(=O)c4ccco4)CC3)ccc12. The number of nitrogens with one attached hydrogen (secondary N) is 1. The van der Waals surface area contributed by atoms with Gasteiger partial charge in [-0.1, -0.05) is 6.92 Å². The highest BCUT2D eigenvalue weighted by Gasteiger charge is 2.25. The first-order valence-corrected chi connectivity index (χ1v) is 10.8. The molecule has 1 N–H and O–H groups in total. The Morgan fingerprint density at radius 1 is 1.26 bits per heavy atom. The molecule has 7 nitrogen and oxygen atoms in total. The first-order valence-electron chi connectivity index (χ1n) is 10.8. The van der Waals surface area contributed by atoms with Crippen LogP contribution in [0.3, 0.4) is 0 Å². The minimum Gasteiger partial charge on any atom is -0.492 e. The molecule has 7 heteroatoms. The van der Waals surface area contributed by atoms with E-state index in [9.17, 15) is 9.59 Å². The summed E-state index contributed by atoms with van der Waals surface area (Å²) in [4.78, 5) is 26.0. The van der Waals surface area contributed by atoms with E-state index in [1.54, 1.807) is 24.3 Å². The number of amides is 1. The Morgan fingerprint density at radius 2 is 2.06 bits per heavy atom. The summed E-state index contributed by atoms with van der Waals surface area (Å²) in [5.41, 5.74) is 1.19. The molecular formula is C24H28N2O5. The highest BCUT2D eigenvalue weighted by atomic mass is 16.5. The largest absolute Gasteiger partial charge is 0.492 e.